The van der Waals surface area contributed by atoms with E-state index < -0.39 is 0 Å². The van der Waals surface area contributed by atoms with Crippen LogP contribution in [-0.2, 0) is 0 Å². The fraction of sp³-hybridized carbons (Fsp3) is 0.235. The Hall–Kier alpha value is -1.46. The van der Waals surface area contributed by atoms with Crippen LogP contribution in [0, 0.1) is 5.82 Å². The summed E-state index contributed by atoms with van der Waals surface area (Å²) in [6, 6.07) is 12.5. The molecule has 0 spiro atoms. The second kappa shape index (κ2) is 7.20. The van der Waals surface area contributed by atoms with Gasteiger partial charge in [0.25, 0.3) is 0 Å². The predicted molar refractivity (Wildman–Crippen MR) is 93.5 cm³/mol. The molecule has 0 saturated carbocycles. The van der Waals surface area contributed by atoms with E-state index in [1.165, 1.54) is 23.7 Å². The number of aromatic nitrogens is 1. The van der Waals surface area contributed by atoms with E-state index in [1.54, 1.807) is 12.1 Å². The predicted octanol–water partition coefficient (Wildman–Crippen LogP) is 5.66. The quantitative estimate of drug-likeness (QED) is 0.407. The molecule has 0 aliphatic carbocycles. The number of benzene rings is 2. The highest BCUT2D eigenvalue weighted by Crippen LogP contribution is 2.33. The Balaban J connectivity index is 1.81. The molecule has 0 unspecified atom stereocenters. The van der Waals surface area contributed by atoms with Crippen molar-refractivity contribution < 1.29 is 9.13 Å². The van der Waals surface area contributed by atoms with Crippen molar-refractivity contribution in [2.45, 2.75) is 12.8 Å². The summed E-state index contributed by atoms with van der Waals surface area (Å²) in [6.07, 6.45) is 2.14. The van der Waals surface area contributed by atoms with Crippen LogP contribution in [0.3, 0.4) is 0 Å². The summed E-state index contributed by atoms with van der Waals surface area (Å²) in [5, 5.41) is 2.08. The fourth-order valence-corrected chi connectivity index (χ4v) is 3.43. The number of alkyl halides is 1. The van der Waals surface area contributed by atoms with Crippen LogP contribution in [0.15, 0.2) is 42.5 Å². The number of nitrogens with zero attached hydrogens (tertiary/aromatic N) is 1. The maximum Gasteiger partial charge on any atom is 0.123 e. The number of rotatable bonds is 6. The highest BCUT2D eigenvalue weighted by Gasteiger charge is 2.09. The molecule has 1 aromatic heterocycles. The molecule has 2 nitrogen and oxygen atoms in total. The lowest BCUT2D eigenvalue weighted by atomic mass is 10.1. The van der Waals surface area contributed by atoms with Gasteiger partial charge in [0.15, 0.2) is 0 Å². The molecule has 2 aromatic carbocycles. The van der Waals surface area contributed by atoms with Gasteiger partial charge in [-0.2, -0.15) is 4.37 Å². The minimum atomic E-state index is -0.234. The average Bonchev–Trinajstić information content (AvgIpc) is 2.95. The Bertz CT molecular complexity index is 757. The molecule has 0 aliphatic heterocycles. The number of unbranched alkanes of at least 4 members (excludes halogenated alkanes) is 1. The summed E-state index contributed by atoms with van der Waals surface area (Å²) in [5.74, 6) is 0.638. The average molecular weight is 380 g/mol. The molecule has 0 aliphatic rings. The van der Waals surface area contributed by atoms with Gasteiger partial charge in [0.05, 0.1) is 17.0 Å². The van der Waals surface area contributed by atoms with Gasteiger partial charge in [-0.25, -0.2) is 4.39 Å². The number of fused-ring (bicyclic) bond motifs is 1. The first-order chi connectivity index (χ1) is 10.8. The van der Waals surface area contributed by atoms with Crippen LogP contribution in [0.2, 0.25) is 0 Å². The zero-order valence-corrected chi connectivity index (χ0v) is 14.3. The lowest BCUT2D eigenvalue weighted by molar-refractivity contribution is 0.310. The summed E-state index contributed by atoms with van der Waals surface area (Å²) in [5.41, 5.74) is 1.82. The third-order valence-corrected chi connectivity index (χ3v) is 4.73. The summed E-state index contributed by atoms with van der Waals surface area (Å²) in [4.78, 5) is 0. The van der Waals surface area contributed by atoms with Crippen molar-refractivity contribution in [3.05, 3.63) is 48.3 Å². The first kappa shape index (κ1) is 15.4. The van der Waals surface area contributed by atoms with Crippen LogP contribution in [0.4, 0.5) is 4.39 Å². The van der Waals surface area contributed by atoms with Gasteiger partial charge in [0.1, 0.15) is 11.6 Å². The smallest absolute Gasteiger partial charge is 0.123 e. The van der Waals surface area contributed by atoms with Crippen LogP contribution in [0.5, 0.6) is 5.75 Å². The summed E-state index contributed by atoms with van der Waals surface area (Å²) in [6.45, 7) is 0.723. The van der Waals surface area contributed by atoms with Crippen LogP contribution >= 0.6 is 27.5 Å². The van der Waals surface area contributed by atoms with Crippen molar-refractivity contribution in [2.75, 3.05) is 11.9 Å². The number of halogens is 2. The summed E-state index contributed by atoms with van der Waals surface area (Å²) >= 11 is 4.85. The van der Waals surface area contributed by atoms with E-state index in [9.17, 15) is 4.39 Å². The zero-order chi connectivity index (χ0) is 15.4. The largest absolute Gasteiger partial charge is 0.494 e. The fourth-order valence-electron chi connectivity index (χ4n) is 2.21. The number of ether oxygens (including phenoxy) is 1. The molecule has 0 radical (unpaired) electrons. The van der Waals surface area contributed by atoms with Crippen LogP contribution in [-0.4, -0.2) is 16.3 Å². The summed E-state index contributed by atoms with van der Waals surface area (Å²) < 4.78 is 24.4. The van der Waals surface area contributed by atoms with Gasteiger partial charge in [-0.05, 0) is 66.8 Å². The second-order valence-electron chi connectivity index (χ2n) is 4.94. The highest BCUT2D eigenvalue weighted by atomic mass is 79.9. The van der Waals surface area contributed by atoms with Gasteiger partial charge in [0.2, 0.25) is 0 Å². The first-order valence-corrected chi connectivity index (χ1v) is 9.01. The van der Waals surface area contributed by atoms with E-state index in [0.717, 1.165) is 51.9 Å². The monoisotopic (exact) mass is 379 g/mol. The highest BCUT2D eigenvalue weighted by molar-refractivity contribution is 9.09. The van der Waals surface area contributed by atoms with E-state index in [2.05, 4.69) is 20.3 Å². The van der Waals surface area contributed by atoms with Crippen molar-refractivity contribution in [3.63, 3.8) is 0 Å². The standard InChI is InChI=1S/C17H15BrFNOS/c18-9-1-2-10-21-14-7-8-15-16(11-14)22-20-17(15)12-3-5-13(19)6-4-12/h3-8,11H,1-2,9-10H2. The lowest BCUT2D eigenvalue weighted by Crippen LogP contribution is -1.97. The molecule has 1 heterocycles. The van der Waals surface area contributed by atoms with Gasteiger partial charge >= 0.3 is 0 Å². The molecule has 3 rings (SSSR count). The molecule has 0 atom stereocenters. The minimum Gasteiger partial charge on any atom is -0.494 e. The molecule has 0 saturated heterocycles. The lowest BCUT2D eigenvalue weighted by Gasteiger charge is -2.05. The third kappa shape index (κ3) is 3.47. The number of hydrogen-bond donors (Lipinski definition) is 0. The molecule has 3 aromatic rings. The van der Waals surface area contributed by atoms with Gasteiger partial charge in [0, 0.05) is 16.3 Å². The molecule has 0 amide bonds. The first-order valence-electron chi connectivity index (χ1n) is 7.12. The molecular weight excluding hydrogens is 365 g/mol. The Labute approximate surface area is 141 Å². The van der Waals surface area contributed by atoms with Gasteiger partial charge in [-0.1, -0.05) is 15.9 Å². The molecule has 114 valence electrons. The van der Waals surface area contributed by atoms with Crippen LogP contribution in [0.25, 0.3) is 21.3 Å². The maximum absolute atomic E-state index is 13.0. The van der Waals surface area contributed by atoms with E-state index in [-0.39, 0.29) is 5.82 Å². The van der Waals surface area contributed by atoms with Crippen LogP contribution < -0.4 is 4.74 Å². The molecule has 0 bridgehead atoms. The van der Waals surface area contributed by atoms with Gasteiger partial charge in [-0.15, -0.1) is 0 Å². The summed E-state index contributed by atoms with van der Waals surface area (Å²) in [7, 11) is 0. The molecule has 0 N–H and O–H groups in total. The van der Waals surface area contributed by atoms with Crippen molar-refractivity contribution in [3.8, 4) is 17.0 Å². The maximum atomic E-state index is 13.0. The molecule has 0 fully saturated rings. The van der Waals surface area contributed by atoms with Crippen molar-refractivity contribution in [2.24, 2.45) is 0 Å². The van der Waals surface area contributed by atoms with Crippen molar-refractivity contribution in [1.29, 1.82) is 0 Å². The van der Waals surface area contributed by atoms with E-state index >= 15 is 0 Å². The second-order valence-corrected chi connectivity index (χ2v) is 6.54. The number of hydrogen-bond acceptors (Lipinski definition) is 3. The topological polar surface area (TPSA) is 22.1 Å². The Morgan fingerprint density at radius 2 is 1.91 bits per heavy atom. The van der Waals surface area contributed by atoms with E-state index in [0.29, 0.717) is 0 Å². The SMILES string of the molecule is Fc1ccc(-c2nsc3cc(OCCCCBr)ccc23)cc1. The van der Waals surface area contributed by atoms with Crippen molar-refractivity contribution in [1.82, 2.24) is 4.37 Å². The van der Waals surface area contributed by atoms with E-state index in [4.69, 9.17) is 4.74 Å². The zero-order valence-electron chi connectivity index (χ0n) is 11.9. The van der Waals surface area contributed by atoms with Gasteiger partial charge < -0.3 is 4.74 Å². The molecule has 5 heteroatoms. The molecule has 22 heavy (non-hydrogen) atoms. The van der Waals surface area contributed by atoms with Crippen LogP contribution in [0.1, 0.15) is 12.8 Å². The van der Waals surface area contributed by atoms with Gasteiger partial charge in [-0.3, -0.25) is 0 Å². The Morgan fingerprint density at radius 3 is 2.68 bits per heavy atom. The molecular formula is C17H15BrFNOS. The minimum absolute atomic E-state index is 0.234. The van der Waals surface area contributed by atoms with E-state index in [1.807, 2.05) is 18.2 Å². The Morgan fingerprint density at radius 1 is 1.09 bits per heavy atom. The normalized spacial score (nSPS) is 11.0. The third-order valence-electron chi connectivity index (χ3n) is 3.36. The Kier molecular flexibility index (Phi) is 5.05. The van der Waals surface area contributed by atoms with Crippen molar-refractivity contribution >= 4 is 37.5 Å².